The molecule has 0 radical (unpaired) electrons. The Morgan fingerprint density at radius 2 is 0.923 bits per heavy atom. The van der Waals surface area contributed by atoms with Crippen molar-refractivity contribution in [2.75, 3.05) is 40.0 Å². The van der Waals surface area contributed by atoms with E-state index in [-0.39, 0.29) is 21.1 Å². The van der Waals surface area contributed by atoms with E-state index in [0.717, 1.165) is 0 Å². The molecule has 0 saturated carbocycles. The van der Waals surface area contributed by atoms with Crippen LogP contribution in [0, 0.1) is 0 Å². The average Bonchev–Trinajstić information content (AvgIpc) is 1.54. The van der Waals surface area contributed by atoms with Crippen LogP contribution in [0.3, 0.4) is 0 Å². The molecule has 0 amide bonds. The van der Waals surface area contributed by atoms with E-state index < -0.39 is 23.8 Å². The monoisotopic (exact) mass is 430 g/mol. The summed E-state index contributed by atoms with van der Waals surface area (Å²) in [7, 11) is -2.88. The van der Waals surface area contributed by atoms with Crippen molar-refractivity contribution in [2.45, 2.75) is 0 Å². The molecule has 0 heterocycles. The van der Waals surface area contributed by atoms with Crippen LogP contribution in [0.25, 0.3) is 0 Å². The Bertz CT molecular complexity index is 108. The van der Waals surface area contributed by atoms with Gasteiger partial charge in [0.15, 0.2) is 0 Å². The molecule has 0 unspecified atom stereocenters. The van der Waals surface area contributed by atoms with Crippen LogP contribution in [0.4, 0.5) is 0 Å². The van der Waals surface area contributed by atoms with Crippen LogP contribution in [-0.4, -0.2) is 44.9 Å². The summed E-state index contributed by atoms with van der Waals surface area (Å²) < 4.78 is 19.3. The fourth-order valence-corrected chi connectivity index (χ4v) is 0. The molecule has 0 fully saturated rings. The van der Waals surface area contributed by atoms with E-state index in [1.165, 1.54) is 0 Å². The molecule has 0 bridgehead atoms. The third kappa shape index (κ3) is 762. The fraction of sp³-hybridized carbons (Fsp3) is 1.00. The SMILES string of the molecule is CP(C)O.C[PH](C)=O.C[PH](C)=O.[PtH]. The van der Waals surface area contributed by atoms with Gasteiger partial charge in [0, 0.05) is 8.15 Å². The molecule has 1 N–H and O–H groups in total. The number of rotatable bonds is 0. The fourth-order valence-electron chi connectivity index (χ4n) is 0. The summed E-state index contributed by atoms with van der Waals surface area (Å²) in [5.41, 5.74) is 0. The first-order chi connectivity index (χ1) is 5.20. The molecule has 0 aliphatic carbocycles. The molecular weight excluding hydrogens is 408 g/mol. The van der Waals surface area contributed by atoms with Crippen LogP contribution < -0.4 is 0 Å². The first-order valence-electron chi connectivity index (χ1n) is 3.50. The van der Waals surface area contributed by atoms with Crippen LogP contribution in [-0.2, 0) is 30.2 Å². The molecule has 89 valence electrons. The van der Waals surface area contributed by atoms with Gasteiger partial charge in [0.1, 0.15) is 0 Å². The first kappa shape index (κ1) is 24.0. The normalized spacial score (nSPS) is 8.15. The van der Waals surface area contributed by atoms with Gasteiger partial charge in [-0.2, -0.15) is 0 Å². The molecule has 0 saturated heterocycles. The maximum atomic E-state index is 9.63. The predicted molar refractivity (Wildman–Crippen MR) is 64.1 cm³/mol. The molecule has 0 aromatic heterocycles. The zero-order valence-electron chi connectivity index (χ0n) is 9.04. The third-order valence-electron chi connectivity index (χ3n) is 0. The Kier molecular flexibility index (Phi) is 35.4. The van der Waals surface area contributed by atoms with Crippen molar-refractivity contribution in [1.82, 2.24) is 0 Å². The van der Waals surface area contributed by atoms with Gasteiger partial charge in [0.25, 0.3) is 0 Å². The van der Waals surface area contributed by atoms with Gasteiger partial charge in [0.2, 0.25) is 0 Å². The quantitative estimate of drug-likeness (QED) is 0.599. The van der Waals surface area contributed by atoms with Gasteiger partial charge in [-0.3, -0.25) is 0 Å². The van der Waals surface area contributed by atoms with Gasteiger partial charge < -0.3 is 14.0 Å². The zero-order valence-corrected chi connectivity index (χ0v) is 14.3. The van der Waals surface area contributed by atoms with Crippen molar-refractivity contribution in [3.63, 3.8) is 0 Å². The molecule has 0 spiro atoms. The summed E-state index contributed by atoms with van der Waals surface area (Å²) in [6.07, 6.45) is 0. The van der Waals surface area contributed by atoms with E-state index in [1.54, 1.807) is 40.0 Å². The van der Waals surface area contributed by atoms with Crippen molar-refractivity contribution >= 4 is 23.8 Å². The van der Waals surface area contributed by atoms with Crippen LogP contribution in [0.2, 0.25) is 0 Å². The summed E-state index contributed by atoms with van der Waals surface area (Å²) in [5.74, 6) is 0. The van der Waals surface area contributed by atoms with Crippen LogP contribution in [0.15, 0.2) is 0 Å². The Morgan fingerprint density at radius 3 is 0.923 bits per heavy atom. The molecule has 3 nitrogen and oxygen atoms in total. The molecule has 0 aliphatic rings. The molecule has 0 rings (SSSR count). The minimum absolute atomic E-state index is 0. The zero-order chi connectivity index (χ0) is 10.7. The molecule has 13 heavy (non-hydrogen) atoms. The number of hydrogen-bond donors (Lipinski definition) is 1. The average molecular weight is 430 g/mol. The summed E-state index contributed by atoms with van der Waals surface area (Å²) in [5, 5.41) is 0. The van der Waals surface area contributed by atoms with E-state index in [4.69, 9.17) is 4.89 Å². The Hall–Kier alpha value is 1.54. The van der Waals surface area contributed by atoms with Crippen molar-refractivity contribution in [3.8, 4) is 0 Å². The molecule has 0 aliphatic heterocycles. The van der Waals surface area contributed by atoms with Gasteiger partial charge in [-0.1, -0.05) is 0 Å². The molecular formula is C6H22O3P3Pt. The standard InChI is InChI=1S/3C2H7OP.Pt.H/c3*1-4(2)3;;/h2*4H,1-2H3;3H,1-2H3;;. The molecule has 0 aromatic rings. The van der Waals surface area contributed by atoms with Gasteiger partial charge >= 0.3 is 21.1 Å². The number of hydrogen-bond acceptors (Lipinski definition) is 3. The summed E-state index contributed by atoms with van der Waals surface area (Å²) >= 11 is 0. The molecule has 0 aromatic carbocycles. The van der Waals surface area contributed by atoms with E-state index >= 15 is 0 Å². The molecule has 0 atom stereocenters. The third-order valence-corrected chi connectivity index (χ3v) is 0. The van der Waals surface area contributed by atoms with Gasteiger partial charge in [0.05, 0.1) is 15.6 Å². The van der Waals surface area contributed by atoms with E-state index in [9.17, 15) is 9.13 Å². The van der Waals surface area contributed by atoms with Crippen molar-refractivity contribution in [1.29, 1.82) is 0 Å². The molecule has 7 heteroatoms. The topological polar surface area (TPSA) is 54.4 Å². The van der Waals surface area contributed by atoms with Crippen LogP contribution >= 0.6 is 23.8 Å². The second-order valence-electron chi connectivity index (χ2n) is 2.66. The maximum absolute atomic E-state index is 9.63. The predicted octanol–water partition coefficient (Wildman–Crippen LogP) is 1.98. The Morgan fingerprint density at radius 1 is 0.923 bits per heavy atom. The minimum atomic E-state index is -1.13. The van der Waals surface area contributed by atoms with E-state index in [2.05, 4.69) is 0 Å². The summed E-state index contributed by atoms with van der Waals surface area (Å²) in [4.78, 5) is 8.12. The van der Waals surface area contributed by atoms with Crippen LogP contribution in [0.1, 0.15) is 0 Å². The van der Waals surface area contributed by atoms with Crippen molar-refractivity contribution in [3.05, 3.63) is 0 Å². The Labute approximate surface area is 98.8 Å². The van der Waals surface area contributed by atoms with Crippen LogP contribution in [0.5, 0.6) is 0 Å². The van der Waals surface area contributed by atoms with Gasteiger partial charge in [-0.05, 0) is 40.0 Å². The van der Waals surface area contributed by atoms with Crippen molar-refractivity contribution in [2.24, 2.45) is 0 Å². The van der Waals surface area contributed by atoms with E-state index in [1.807, 2.05) is 0 Å². The first-order valence-corrected chi connectivity index (χ1v) is 10.5. The Balaban J connectivity index is -0.0000000450. The second kappa shape index (κ2) is 19.2. The van der Waals surface area contributed by atoms with Gasteiger partial charge in [-0.25, -0.2) is 0 Å². The van der Waals surface area contributed by atoms with Gasteiger partial charge in [-0.15, -0.1) is 0 Å². The summed E-state index contributed by atoms with van der Waals surface area (Å²) in [6, 6.07) is 0. The summed E-state index contributed by atoms with van der Waals surface area (Å²) in [6.45, 7) is 10.4. The van der Waals surface area contributed by atoms with Crippen molar-refractivity contribution < 1.29 is 35.1 Å². The van der Waals surface area contributed by atoms with E-state index in [0.29, 0.717) is 0 Å². The second-order valence-corrected chi connectivity index (χ2v) is 7.99.